The zero-order chi connectivity index (χ0) is 9.42. The van der Waals surface area contributed by atoms with Crippen LogP contribution in [0.4, 0.5) is 5.82 Å². The summed E-state index contributed by atoms with van der Waals surface area (Å²) in [5.74, 6) is 1.17. The number of aromatic nitrogens is 2. The van der Waals surface area contributed by atoms with Crippen LogP contribution >= 0.6 is 0 Å². The number of hydrogen-bond donors (Lipinski definition) is 0. The molecule has 0 saturated carbocycles. The summed E-state index contributed by atoms with van der Waals surface area (Å²) in [6.45, 7) is 5.05. The molecule has 0 N–H and O–H groups in total. The van der Waals surface area contributed by atoms with Gasteiger partial charge in [-0.2, -0.15) is 5.10 Å². The van der Waals surface area contributed by atoms with Gasteiger partial charge in [-0.3, -0.25) is 0 Å². The van der Waals surface area contributed by atoms with Crippen molar-refractivity contribution in [3.63, 3.8) is 0 Å². The standard InChI is InChI=1S/C9H14BN3/c1-7-4-3-5-13-9(12(7)2)6-8(10)11-13/h6H,1,3-5,10H2,2H3. The number of allylic oxidation sites excluding steroid dienone is 1. The van der Waals surface area contributed by atoms with E-state index < -0.39 is 0 Å². The third-order valence-corrected chi connectivity index (χ3v) is 2.53. The van der Waals surface area contributed by atoms with E-state index in [2.05, 4.69) is 34.4 Å². The molecule has 1 aliphatic heterocycles. The van der Waals surface area contributed by atoms with E-state index >= 15 is 0 Å². The molecule has 1 aromatic heterocycles. The second-order valence-electron chi connectivity index (χ2n) is 3.60. The fourth-order valence-electron chi connectivity index (χ4n) is 1.73. The van der Waals surface area contributed by atoms with Gasteiger partial charge in [-0.15, -0.1) is 0 Å². The molecule has 0 amide bonds. The molecule has 2 rings (SSSR count). The lowest BCUT2D eigenvalue weighted by molar-refractivity contribution is 0.603. The van der Waals surface area contributed by atoms with E-state index in [0.29, 0.717) is 0 Å². The highest BCUT2D eigenvalue weighted by molar-refractivity contribution is 6.30. The monoisotopic (exact) mass is 175 g/mol. The van der Waals surface area contributed by atoms with E-state index in [-0.39, 0.29) is 0 Å². The molecule has 0 radical (unpaired) electrons. The molecule has 0 fully saturated rings. The van der Waals surface area contributed by atoms with Gasteiger partial charge in [-0.05, 0) is 18.9 Å². The van der Waals surface area contributed by atoms with Gasteiger partial charge in [0.2, 0.25) is 0 Å². The molecule has 2 heterocycles. The number of fused-ring (bicyclic) bond motifs is 1. The Morgan fingerprint density at radius 1 is 1.62 bits per heavy atom. The van der Waals surface area contributed by atoms with E-state index in [1.807, 2.05) is 7.85 Å². The van der Waals surface area contributed by atoms with Crippen LogP contribution in [-0.4, -0.2) is 24.7 Å². The quantitative estimate of drug-likeness (QED) is 0.513. The average Bonchev–Trinajstić information content (AvgIpc) is 2.40. The number of rotatable bonds is 0. The van der Waals surface area contributed by atoms with Gasteiger partial charge in [0.05, 0.1) is 0 Å². The third-order valence-electron chi connectivity index (χ3n) is 2.53. The Kier molecular flexibility index (Phi) is 1.91. The van der Waals surface area contributed by atoms with Gasteiger partial charge in [0, 0.05) is 24.9 Å². The molecular weight excluding hydrogens is 161 g/mol. The van der Waals surface area contributed by atoms with Gasteiger partial charge in [0.15, 0.2) is 7.85 Å². The molecule has 0 unspecified atom stereocenters. The minimum absolute atomic E-state index is 1.01. The summed E-state index contributed by atoms with van der Waals surface area (Å²) < 4.78 is 2.06. The topological polar surface area (TPSA) is 21.1 Å². The van der Waals surface area contributed by atoms with Crippen molar-refractivity contribution in [3.8, 4) is 0 Å². The van der Waals surface area contributed by atoms with Crippen molar-refractivity contribution in [2.45, 2.75) is 19.4 Å². The molecule has 13 heavy (non-hydrogen) atoms. The van der Waals surface area contributed by atoms with Crippen molar-refractivity contribution in [2.24, 2.45) is 0 Å². The fraction of sp³-hybridized carbons (Fsp3) is 0.444. The first-order valence-corrected chi connectivity index (χ1v) is 4.64. The zero-order valence-corrected chi connectivity index (χ0v) is 8.25. The Balaban J connectivity index is 2.44. The molecule has 3 nitrogen and oxygen atoms in total. The normalized spacial score (nSPS) is 17.0. The second kappa shape index (κ2) is 2.94. The molecule has 0 aromatic carbocycles. The summed E-state index contributed by atoms with van der Waals surface area (Å²) in [5.41, 5.74) is 2.26. The molecule has 0 aliphatic carbocycles. The van der Waals surface area contributed by atoms with Crippen LogP contribution in [0.1, 0.15) is 12.8 Å². The highest BCUT2D eigenvalue weighted by atomic mass is 15.4. The van der Waals surface area contributed by atoms with Crippen LogP contribution in [0.25, 0.3) is 0 Å². The molecule has 0 bridgehead atoms. The second-order valence-corrected chi connectivity index (χ2v) is 3.60. The SMILES string of the molecule is Bc1cc2n(n1)CCCC(=C)N2C. The molecule has 68 valence electrons. The highest BCUT2D eigenvalue weighted by Gasteiger charge is 2.15. The van der Waals surface area contributed by atoms with E-state index in [1.54, 1.807) is 0 Å². The highest BCUT2D eigenvalue weighted by Crippen LogP contribution is 2.22. The molecule has 0 saturated heterocycles. The Morgan fingerprint density at radius 2 is 2.38 bits per heavy atom. The lowest BCUT2D eigenvalue weighted by atomic mass is 10.1. The zero-order valence-electron chi connectivity index (χ0n) is 8.25. The smallest absolute Gasteiger partial charge is 0.166 e. The van der Waals surface area contributed by atoms with Crippen LogP contribution in [0, 0.1) is 0 Å². The summed E-state index contributed by atoms with van der Waals surface area (Å²) in [4.78, 5) is 2.13. The third kappa shape index (κ3) is 1.36. The van der Waals surface area contributed by atoms with Gasteiger partial charge in [-0.25, -0.2) is 4.68 Å². The minimum Gasteiger partial charge on any atom is -0.334 e. The lowest BCUT2D eigenvalue weighted by Crippen LogP contribution is -2.16. The van der Waals surface area contributed by atoms with Gasteiger partial charge >= 0.3 is 0 Å². The van der Waals surface area contributed by atoms with Gasteiger partial charge in [-0.1, -0.05) is 6.58 Å². The molecule has 1 aromatic rings. The van der Waals surface area contributed by atoms with Crippen LogP contribution in [-0.2, 0) is 6.54 Å². The first-order chi connectivity index (χ1) is 6.18. The first-order valence-electron chi connectivity index (χ1n) is 4.64. The van der Waals surface area contributed by atoms with Gasteiger partial charge < -0.3 is 4.90 Å². The van der Waals surface area contributed by atoms with E-state index in [0.717, 1.165) is 25.0 Å². The van der Waals surface area contributed by atoms with E-state index in [9.17, 15) is 0 Å². The summed E-state index contributed by atoms with van der Waals surface area (Å²) in [7, 11) is 4.08. The maximum absolute atomic E-state index is 4.43. The van der Waals surface area contributed by atoms with Crippen LogP contribution in [0.3, 0.4) is 0 Å². The molecular formula is C9H14BN3. The predicted octanol–water partition coefficient (Wildman–Crippen LogP) is -0.115. The summed E-state index contributed by atoms with van der Waals surface area (Å²) >= 11 is 0. The number of anilines is 1. The van der Waals surface area contributed by atoms with Crippen molar-refractivity contribution >= 4 is 19.3 Å². The molecule has 0 spiro atoms. The Hall–Kier alpha value is -1.19. The summed E-state index contributed by atoms with van der Waals surface area (Å²) in [6, 6.07) is 2.11. The summed E-state index contributed by atoms with van der Waals surface area (Å²) in [5, 5.41) is 4.43. The fourth-order valence-corrected chi connectivity index (χ4v) is 1.73. The van der Waals surface area contributed by atoms with E-state index in [4.69, 9.17) is 0 Å². The maximum Gasteiger partial charge on any atom is 0.166 e. The largest absolute Gasteiger partial charge is 0.334 e. The van der Waals surface area contributed by atoms with Crippen molar-refractivity contribution in [1.29, 1.82) is 0 Å². The Bertz CT molecular complexity index is 343. The minimum atomic E-state index is 1.01. The maximum atomic E-state index is 4.43. The molecule has 4 heteroatoms. The molecule has 1 aliphatic rings. The van der Waals surface area contributed by atoms with Crippen LogP contribution in [0.2, 0.25) is 0 Å². The predicted molar refractivity (Wildman–Crippen MR) is 57.2 cm³/mol. The Morgan fingerprint density at radius 3 is 3.15 bits per heavy atom. The van der Waals surface area contributed by atoms with Gasteiger partial charge in [0.1, 0.15) is 5.82 Å². The number of nitrogens with zero attached hydrogens (tertiary/aromatic N) is 3. The first kappa shape index (κ1) is 8.41. The number of hydrogen-bond acceptors (Lipinski definition) is 2. The van der Waals surface area contributed by atoms with Crippen molar-refractivity contribution in [3.05, 3.63) is 18.3 Å². The van der Waals surface area contributed by atoms with E-state index in [1.165, 1.54) is 11.5 Å². The average molecular weight is 175 g/mol. The molecule has 0 atom stereocenters. The lowest BCUT2D eigenvalue weighted by Gasteiger charge is -2.18. The Labute approximate surface area is 79.4 Å². The van der Waals surface area contributed by atoms with Gasteiger partial charge in [0.25, 0.3) is 0 Å². The van der Waals surface area contributed by atoms with Crippen LogP contribution < -0.4 is 10.5 Å². The van der Waals surface area contributed by atoms with Crippen LogP contribution in [0.15, 0.2) is 18.3 Å². The van der Waals surface area contributed by atoms with Crippen molar-refractivity contribution < 1.29 is 0 Å². The van der Waals surface area contributed by atoms with Crippen molar-refractivity contribution in [2.75, 3.05) is 11.9 Å². The van der Waals surface area contributed by atoms with Crippen LogP contribution in [0.5, 0.6) is 0 Å². The number of aryl methyl sites for hydroxylation is 1. The summed E-state index contributed by atoms with van der Waals surface area (Å²) in [6.07, 6.45) is 2.20. The van der Waals surface area contributed by atoms with Crippen molar-refractivity contribution in [1.82, 2.24) is 9.78 Å².